The Balaban J connectivity index is 3.09. The first-order chi connectivity index (χ1) is 7.70. The zero-order chi connectivity index (χ0) is 12.0. The minimum absolute atomic E-state index is 0.0496. The Bertz CT molecular complexity index is 405. The number of hydrogen-bond donors (Lipinski definition) is 0. The molecule has 0 atom stereocenters. The van der Waals surface area contributed by atoms with E-state index in [0.29, 0.717) is 18.8 Å². The summed E-state index contributed by atoms with van der Waals surface area (Å²) in [6.07, 6.45) is 0.828. The second kappa shape index (κ2) is 5.93. The molecule has 0 heterocycles. The molecule has 0 N–H and O–H groups in total. The molecule has 82 valence electrons. The summed E-state index contributed by atoms with van der Waals surface area (Å²) in [5.74, 6) is 0.477. The molecule has 1 aromatic carbocycles. The van der Waals surface area contributed by atoms with Crippen LogP contribution in [0.2, 0.25) is 0 Å². The molecule has 2 nitrogen and oxygen atoms in total. The zero-order valence-electron chi connectivity index (χ0n) is 9.77. The molecule has 1 rings (SSSR count). The van der Waals surface area contributed by atoms with E-state index < -0.39 is 0 Å². The predicted octanol–water partition coefficient (Wildman–Crippen LogP) is 3.72. The molecule has 0 radical (unpaired) electrons. The molecule has 0 aliphatic heterocycles. The van der Waals surface area contributed by atoms with Crippen LogP contribution in [0, 0.1) is 22.7 Å². The van der Waals surface area contributed by atoms with Crippen LogP contribution in [0.15, 0.2) is 24.3 Å². The van der Waals surface area contributed by atoms with Crippen LogP contribution < -0.4 is 0 Å². The van der Waals surface area contributed by atoms with Crippen LogP contribution in [-0.4, -0.2) is 0 Å². The standard InChI is InChI=1S/C14H16N2/c1-11(2)13-5-3-4-6-14(13)12(7-9-15)8-10-16/h3-6,11-12H,7-8H2,1-2H3. The topological polar surface area (TPSA) is 47.6 Å². The SMILES string of the molecule is CC(C)c1ccccc1C(CC#N)CC#N. The smallest absolute Gasteiger partial charge is 0.0628 e. The van der Waals surface area contributed by atoms with Crippen molar-refractivity contribution in [2.45, 2.75) is 38.5 Å². The van der Waals surface area contributed by atoms with Gasteiger partial charge in [-0.15, -0.1) is 0 Å². The first-order valence-corrected chi connectivity index (χ1v) is 5.53. The lowest BCUT2D eigenvalue weighted by atomic mass is 9.86. The summed E-state index contributed by atoms with van der Waals surface area (Å²) < 4.78 is 0. The molecule has 16 heavy (non-hydrogen) atoms. The van der Waals surface area contributed by atoms with E-state index in [1.165, 1.54) is 5.56 Å². The highest BCUT2D eigenvalue weighted by Gasteiger charge is 2.15. The molecule has 2 heteroatoms. The fourth-order valence-electron chi connectivity index (χ4n) is 1.92. The average molecular weight is 212 g/mol. The molecule has 0 unspecified atom stereocenters. The summed E-state index contributed by atoms with van der Waals surface area (Å²) in [6.45, 7) is 4.27. The molecule has 0 saturated carbocycles. The highest BCUT2D eigenvalue weighted by atomic mass is 14.3. The van der Waals surface area contributed by atoms with Crippen molar-refractivity contribution in [2.75, 3.05) is 0 Å². The molecule has 0 bridgehead atoms. The largest absolute Gasteiger partial charge is 0.198 e. The lowest BCUT2D eigenvalue weighted by Gasteiger charge is -2.17. The van der Waals surface area contributed by atoms with Crippen LogP contribution in [0.5, 0.6) is 0 Å². The van der Waals surface area contributed by atoms with Gasteiger partial charge in [0, 0.05) is 18.8 Å². The van der Waals surface area contributed by atoms with E-state index in [1.54, 1.807) is 0 Å². The molecular weight excluding hydrogens is 196 g/mol. The molecule has 0 aliphatic rings. The van der Waals surface area contributed by atoms with Crippen molar-refractivity contribution in [3.05, 3.63) is 35.4 Å². The minimum atomic E-state index is 0.0496. The molecular formula is C14H16N2. The third kappa shape index (κ3) is 2.84. The normalized spacial score (nSPS) is 10.1. The fraction of sp³-hybridized carbons (Fsp3) is 0.429. The first kappa shape index (κ1) is 12.3. The highest BCUT2D eigenvalue weighted by Crippen LogP contribution is 2.30. The van der Waals surface area contributed by atoms with Crippen molar-refractivity contribution in [2.24, 2.45) is 0 Å². The molecule has 0 amide bonds. The Morgan fingerprint density at radius 2 is 1.50 bits per heavy atom. The van der Waals surface area contributed by atoms with E-state index in [1.807, 2.05) is 18.2 Å². The van der Waals surface area contributed by atoms with Crippen molar-refractivity contribution in [3.63, 3.8) is 0 Å². The van der Waals surface area contributed by atoms with Gasteiger partial charge in [-0.25, -0.2) is 0 Å². The van der Waals surface area contributed by atoms with Crippen molar-refractivity contribution < 1.29 is 0 Å². The van der Waals surface area contributed by atoms with Gasteiger partial charge >= 0.3 is 0 Å². The Labute approximate surface area is 97.1 Å². The van der Waals surface area contributed by atoms with E-state index in [0.717, 1.165) is 5.56 Å². The predicted molar refractivity (Wildman–Crippen MR) is 63.7 cm³/mol. The Kier molecular flexibility index (Phi) is 4.55. The van der Waals surface area contributed by atoms with Crippen LogP contribution in [0.25, 0.3) is 0 Å². The van der Waals surface area contributed by atoms with Crippen molar-refractivity contribution in [3.8, 4) is 12.1 Å². The molecule has 0 aromatic heterocycles. The maximum Gasteiger partial charge on any atom is 0.0628 e. The van der Waals surface area contributed by atoms with Gasteiger partial charge in [-0.2, -0.15) is 10.5 Å². The van der Waals surface area contributed by atoms with E-state index in [2.05, 4.69) is 32.1 Å². The number of benzene rings is 1. The minimum Gasteiger partial charge on any atom is -0.198 e. The van der Waals surface area contributed by atoms with Crippen LogP contribution in [0.3, 0.4) is 0 Å². The lowest BCUT2D eigenvalue weighted by molar-refractivity contribution is 0.701. The number of nitrogens with zero attached hydrogens (tertiary/aromatic N) is 2. The van der Waals surface area contributed by atoms with Gasteiger partial charge in [0.1, 0.15) is 0 Å². The van der Waals surface area contributed by atoms with Crippen LogP contribution in [-0.2, 0) is 0 Å². The molecule has 0 saturated heterocycles. The van der Waals surface area contributed by atoms with Gasteiger partial charge in [0.2, 0.25) is 0 Å². The van der Waals surface area contributed by atoms with Crippen LogP contribution in [0.1, 0.15) is 49.7 Å². The molecule has 1 aromatic rings. The summed E-state index contributed by atoms with van der Waals surface area (Å²) in [6, 6.07) is 12.4. The maximum absolute atomic E-state index is 8.79. The van der Waals surface area contributed by atoms with Gasteiger partial charge in [-0.1, -0.05) is 38.1 Å². The second-order valence-electron chi connectivity index (χ2n) is 4.21. The summed E-state index contributed by atoms with van der Waals surface area (Å²) in [5.41, 5.74) is 2.40. The summed E-state index contributed by atoms with van der Waals surface area (Å²) in [7, 11) is 0. The average Bonchev–Trinajstić information content (AvgIpc) is 2.29. The van der Waals surface area contributed by atoms with Crippen molar-refractivity contribution in [1.82, 2.24) is 0 Å². The Hall–Kier alpha value is -1.80. The van der Waals surface area contributed by atoms with Crippen molar-refractivity contribution >= 4 is 0 Å². The molecule has 0 spiro atoms. The monoisotopic (exact) mass is 212 g/mol. The van der Waals surface area contributed by atoms with E-state index >= 15 is 0 Å². The summed E-state index contributed by atoms with van der Waals surface area (Å²) in [4.78, 5) is 0. The number of nitriles is 2. The summed E-state index contributed by atoms with van der Waals surface area (Å²) >= 11 is 0. The van der Waals surface area contributed by atoms with Gasteiger partial charge in [0.15, 0.2) is 0 Å². The maximum atomic E-state index is 8.79. The van der Waals surface area contributed by atoms with E-state index in [9.17, 15) is 0 Å². The quantitative estimate of drug-likeness (QED) is 0.763. The third-order valence-electron chi connectivity index (χ3n) is 2.73. The Morgan fingerprint density at radius 1 is 1.00 bits per heavy atom. The summed E-state index contributed by atoms with van der Waals surface area (Å²) in [5, 5.41) is 17.6. The fourth-order valence-corrected chi connectivity index (χ4v) is 1.92. The lowest BCUT2D eigenvalue weighted by Crippen LogP contribution is -2.03. The molecule has 0 fully saturated rings. The third-order valence-corrected chi connectivity index (χ3v) is 2.73. The number of hydrogen-bond acceptors (Lipinski definition) is 2. The Morgan fingerprint density at radius 3 is 1.94 bits per heavy atom. The van der Waals surface area contributed by atoms with E-state index in [4.69, 9.17) is 10.5 Å². The first-order valence-electron chi connectivity index (χ1n) is 5.53. The highest BCUT2D eigenvalue weighted by molar-refractivity contribution is 5.33. The number of rotatable bonds is 4. The van der Waals surface area contributed by atoms with Crippen molar-refractivity contribution in [1.29, 1.82) is 10.5 Å². The van der Waals surface area contributed by atoms with Crippen LogP contribution >= 0.6 is 0 Å². The van der Waals surface area contributed by atoms with Gasteiger partial charge in [0.25, 0.3) is 0 Å². The second-order valence-corrected chi connectivity index (χ2v) is 4.21. The van der Waals surface area contributed by atoms with Gasteiger partial charge < -0.3 is 0 Å². The van der Waals surface area contributed by atoms with Gasteiger partial charge in [-0.05, 0) is 17.0 Å². The van der Waals surface area contributed by atoms with Crippen LogP contribution in [0.4, 0.5) is 0 Å². The van der Waals surface area contributed by atoms with E-state index in [-0.39, 0.29) is 5.92 Å². The van der Waals surface area contributed by atoms with Gasteiger partial charge in [-0.3, -0.25) is 0 Å². The molecule has 0 aliphatic carbocycles. The van der Waals surface area contributed by atoms with Gasteiger partial charge in [0.05, 0.1) is 12.1 Å². The zero-order valence-corrected chi connectivity index (χ0v) is 9.77.